The number of halogens is 2. The minimum atomic E-state index is -0.543. The first kappa shape index (κ1) is 17.8. The topological polar surface area (TPSA) is 58.1 Å². The third-order valence-electron chi connectivity index (χ3n) is 3.68. The van der Waals surface area contributed by atoms with Crippen molar-refractivity contribution in [3.05, 3.63) is 82.9 Å². The molecule has 0 radical (unpaired) electrons. The normalized spacial score (nSPS) is 10.4. The van der Waals surface area contributed by atoms with Gasteiger partial charge in [0.1, 0.15) is 5.82 Å². The van der Waals surface area contributed by atoms with E-state index >= 15 is 0 Å². The molecule has 1 heterocycles. The van der Waals surface area contributed by atoms with Crippen molar-refractivity contribution in [1.29, 1.82) is 0 Å². The van der Waals surface area contributed by atoms with Crippen molar-refractivity contribution in [2.24, 2.45) is 0 Å². The molecule has 3 aromatic rings. The number of nitrogens with zero attached hydrogens (tertiary/aromatic N) is 3. The highest BCUT2D eigenvalue weighted by Gasteiger charge is 2.11. The van der Waals surface area contributed by atoms with Crippen LogP contribution in [0.4, 0.5) is 16.0 Å². The Hall–Kier alpha value is -2.99. The molecule has 0 saturated heterocycles. The predicted molar refractivity (Wildman–Crippen MR) is 99.9 cm³/mol. The van der Waals surface area contributed by atoms with Crippen LogP contribution in [0.25, 0.3) is 0 Å². The molecule has 1 aromatic heterocycles. The lowest BCUT2D eigenvalue weighted by atomic mass is 10.2. The number of carbonyl (C=O) groups excluding carboxylic acids is 1. The summed E-state index contributed by atoms with van der Waals surface area (Å²) in [6.45, 7) is 0.653. The number of nitrogens with one attached hydrogen (secondary N) is 1. The van der Waals surface area contributed by atoms with Gasteiger partial charge in [0, 0.05) is 31.7 Å². The van der Waals surface area contributed by atoms with Crippen molar-refractivity contribution in [3.63, 3.8) is 0 Å². The first-order valence-electron chi connectivity index (χ1n) is 7.86. The molecule has 0 atom stereocenters. The Balaban J connectivity index is 1.66. The van der Waals surface area contributed by atoms with Crippen molar-refractivity contribution in [2.45, 2.75) is 6.54 Å². The lowest BCUT2D eigenvalue weighted by Crippen LogP contribution is -2.20. The Bertz CT molecular complexity index is 903. The summed E-state index contributed by atoms with van der Waals surface area (Å²) in [6.07, 6.45) is 2.90. The zero-order valence-corrected chi connectivity index (χ0v) is 14.7. The molecular weight excluding hydrogens is 355 g/mol. The van der Waals surface area contributed by atoms with Gasteiger partial charge >= 0.3 is 0 Å². The van der Waals surface area contributed by atoms with E-state index in [4.69, 9.17) is 11.6 Å². The number of hydrogen-bond donors (Lipinski definition) is 1. The molecule has 0 aliphatic carbocycles. The molecule has 0 bridgehead atoms. The second-order valence-corrected chi connectivity index (χ2v) is 6.10. The molecule has 1 N–H and O–H groups in total. The monoisotopic (exact) mass is 370 g/mol. The van der Waals surface area contributed by atoms with Crippen LogP contribution >= 0.6 is 11.6 Å². The Morgan fingerprint density at radius 2 is 1.85 bits per heavy atom. The minimum absolute atomic E-state index is 0.0584. The fourth-order valence-electron chi connectivity index (χ4n) is 2.34. The van der Waals surface area contributed by atoms with Gasteiger partial charge in [-0.1, -0.05) is 41.9 Å². The van der Waals surface area contributed by atoms with Gasteiger partial charge in [0.25, 0.3) is 5.91 Å². The van der Waals surface area contributed by atoms with Crippen LogP contribution in [0, 0.1) is 5.82 Å². The number of benzene rings is 2. The summed E-state index contributed by atoms with van der Waals surface area (Å²) in [4.78, 5) is 22.6. The van der Waals surface area contributed by atoms with Crippen LogP contribution in [0.3, 0.4) is 0 Å². The molecule has 3 rings (SSSR count). The van der Waals surface area contributed by atoms with Crippen molar-refractivity contribution in [1.82, 2.24) is 9.97 Å². The Morgan fingerprint density at radius 1 is 1.15 bits per heavy atom. The van der Waals surface area contributed by atoms with Gasteiger partial charge in [-0.3, -0.25) is 4.79 Å². The minimum Gasteiger partial charge on any atom is -0.340 e. The molecule has 0 aliphatic heterocycles. The Kier molecular flexibility index (Phi) is 5.43. The highest BCUT2D eigenvalue weighted by Crippen LogP contribution is 2.20. The van der Waals surface area contributed by atoms with E-state index in [1.807, 2.05) is 42.3 Å². The fraction of sp³-hybridized carbons (Fsp3) is 0.105. The van der Waals surface area contributed by atoms with Gasteiger partial charge in [-0.15, -0.1) is 0 Å². The summed E-state index contributed by atoms with van der Waals surface area (Å²) in [7, 11) is 1.88. The number of anilines is 2. The fourth-order valence-corrected chi connectivity index (χ4v) is 2.52. The average molecular weight is 371 g/mol. The van der Waals surface area contributed by atoms with E-state index in [1.54, 1.807) is 0 Å². The summed E-state index contributed by atoms with van der Waals surface area (Å²) in [5, 5.41) is 2.57. The van der Waals surface area contributed by atoms with Crippen LogP contribution in [-0.2, 0) is 6.54 Å². The van der Waals surface area contributed by atoms with Crippen molar-refractivity contribution >= 4 is 29.1 Å². The van der Waals surface area contributed by atoms with Crippen LogP contribution in [-0.4, -0.2) is 22.9 Å². The molecule has 2 aromatic carbocycles. The van der Waals surface area contributed by atoms with E-state index in [1.165, 1.54) is 30.6 Å². The summed E-state index contributed by atoms with van der Waals surface area (Å²) in [6, 6.07) is 13.9. The van der Waals surface area contributed by atoms with Crippen LogP contribution in [0.1, 0.15) is 15.9 Å². The van der Waals surface area contributed by atoms with E-state index in [0.717, 1.165) is 5.56 Å². The highest BCUT2D eigenvalue weighted by molar-refractivity contribution is 6.31. The van der Waals surface area contributed by atoms with Crippen LogP contribution in [0.2, 0.25) is 5.02 Å². The van der Waals surface area contributed by atoms with Gasteiger partial charge in [-0.05, 0) is 23.8 Å². The van der Waals surface area contributed by atoms with E-state index in [2.05, 4.69) is 15.3 Å². The Labute approximate surface area is 155 Å². The molecule has 1 amide bonds. The maximum atomic E-state index is 13.2. The smallest absolute Gasteiger partial charge is 0.258 e. The summed E-state index contributed by atoms with van der Waals surface area (Å²) < 4.78 is 13.2. The largest absolute Gasteiger partial charge is 0.340 e. The van der Waals surface area contributed by atoms with E-state index in [0.29, 0.717) is 23.7 Å². The lowest BCUT2D eigenvalue weighted by molar-refractivity contribution is 0.102. The zero-order valence-electron chi connectivity index (χ0n) is 14.0. The molecule has 0 aliphatic rings. The number of aromatic nitrogens is 2. The summed E-state index contributed by atoms with van der Waals surface area (Å²) >= 11 is 5.71. The first-order chi connectivity index (χ1) is 12.5. The first-order valence-corrected chi connectivity index (χ1v) is 8.24. The molecule has 0 unspecified atom stereocenters. The molecule has 0 spiro atoms. The lowest BCUT2D eigenvalue weighted by Gasteiger charge is -2.17. The number of hydrogen-bond acceptors (Lipinski definition) is 4. The third-order valence-corrected chi connectivity index (χ3v) is 3.97. The summed E-state index contributed by atoms with van der Waals surface area (Å²) in [5.74, 6) is -0.432. The molecular formula is C19H16ClFN4O. The van der Waals surface area contributed by atoms with Crippen LogP contribution in [0.15, 0.2) is 60.9 Å². The summed E-state index contributed by atoms with van der Waals surface area (Å²) in [5.41, 5.74) is 1.82. The quantitative estimate of drug-likeness (QED) is 0.732. The van der Waals surface area contributed by atoms with E-state index in [9.17, 15) is 9.18 Å². The molecule has 0 fully saturated rings. The van der Waals surface area contributed by atoms with Gasteiger partial charge in [0.05, 0.1) is 10.6 Å². The maximum Gasteiger partial charge on any atom is 0.258 e. The molecule has 0 saturated carbocycles. The maximum absolute atomic E-state index is 13.2. The zero-order chi connectivity index (χ0) is 18.5. The average Bonchev–Trinajstić information content (AvgIpc) is 2.65. The molecule has 5 nitrogen and oxygen atoms in total. The van der Waals surface area contributed by atoms with Gasteiger partial charge in [-0.2, -0.15) is 0 Å². The molecule has 7 heteroatoms. The van der Waals surface area contributed by atoms with Gasteiger partial charge in [0.2, 0.25) is 5.95 Å². The van der Waals surface area contributed by atoms with Gasteiger partial charge in [0.15, 0.2) is 0 Å². The SMILES string of the molecule is CN(Cc1ccccc1)c1ncc(C(=O)Nc2ccc(F)c(Cl)c2)cn1. The second kappa shape index (κ2) is 7.93. The van der Waals surface area contributed by atoms with Crippen LogP contribution in [0.5, 0.6) is 0 Å². The molecule has 26 heavy (non-hydrogen) atoms. The number of amides is 1. The second-order valence-electron chi connectivity index (χ2n) is 5.70. The highest BCUT2D eigenvalue weighted by atomic mass is 35.5. The van der Waals surface area contributed by atoms with Crippen molar-refractivity contribution in [3.8, 4) is 0 Å². The van der Waals surface area contributed by atoms with E-state index in [-0.39, 0.29) is 5.02 Å². The van der Waals surface area contributed by atoms with E-state index < -0.39 is 11.7 Å². The van der Waals surface area contributed by atoms with Crippen molar-refractivity contribution < 1.29 is 9.18 Å². The number of carbonyl (C=O) groups is 1. The van der Waals surface area contributed by atoms with Gasteiger partial charge < -0.3 is 10.2 Å². The predicted octanol–water partition coefficient (Wildman–Crippen LogP) is 4.16. The van der Waals surface area contributed by atoms with Gasteiger partial charge in [-0.25, -0.2) is 14.4 Å². The van der Waals surface area contributed by atoms with Crippen LogP contribution < -0.4 is 10.2 Å². The number of rotatable bonds is 5. The van der Waals surface area contributed by atoms with Crippen molar-refractivity contribution in [2.75, 3.05) is 17.3 Å². The Morgan fingerprint density at radius 3 is 2.50 bits per heavy atom. The molecule has 132 valence electrons. The third kappa shape index (κ3) is 4.34. The standard InChI is InChI=1S/C19H16ClFN4O/c1-25(12-13-5-3-2-4-6-13)19-22-10-14(11-23-19)18(26)24-15-7-8-17(21)16(20)9-15/h2-11H,12H2,1H3,(H,24,26).